The number of hydrogen-bond donors (Lipinski definition) is 1. The van der Waals surface area contributed by atoms with Crippen LogP contribution in [0.15, 0.2) is 24.4 Å². The third-order valence-electron chi connectivity index (χ3n) is 6.45. The van der Waals surface area contributed by atoms with E-state index in [9.17, 15) is 14.4 Å². The molecule has 2 aliphatic rings. The molecule has 1 saturated heterocycles. The topological polar surface area (TPSA) is 117 Å². The number of methoxy groups -OCH3 is 1. The molecule has 11 nitrogen and oxygen atoms in total. The van der Waals surface area contributed by atoms with Gasteiger partial charge in [0, 0.05) is 57.5 Å². The van der Waals surface area contributed by atoms with Crippen LogP contribution in [0.2, 0.25) is 0 Å². The lowest BCUT2D eigenvalue weighted by atomic mass is 10.1. The second kappa shape index (κ2) is 12.7. The van der Waals surface area contributed by atoms with E-state index in [2.05, 4.69) is 27.1 Å². The normalized spacial score (nSPS) is 16.2. The third-order valence-corrected chi connectivity index (χ3v) is 6.45. The van der Waals surface area contributed by atoms with E-state index in [4.69, 9.17) is 9.47 Å². The summed E-state index contributed by atoms with van der Waals surface area (Å²) in [7, 11) is 5.04. The highest BCUT2D eigenvalue weighted by molar-refractivity contribution is 6.00. The third kappa shape index (κ3) is 7.52. The van der Waals surface area contributed by atoms with Gasteiger partial charge in [-0.15, -0.1) is 0 Å². The highest BCUT2D eigenvalue weighted by atomic mass is 16.5. The van der Waals surface area contributed by atoms with E-state index in [1.165, 1.54) is 4.90 Å². The van der Waals surface area contributed by atoms with Crippen molar-refractivity contribution >= 4 is 29.9 Å². The van der Waals surface area contributed by atoms with Gasteiger partial charge in [-0.3, -0.25) is 24.7 Å². The summed E-state index contributed by atoms with van der Waals surface area (Å²) in [6, 6.07) is 4.50. The Kier molecular flexibility index (Phi) is 9.11. The molecule has 1 unspecified atom stereocenters. The fourth-order valence-corrected chi connectivity index (χ4v) is 4.00. The van der Waals surface area contributed by atoms with Gasteiger partial charge in [0.2, 0.25) is 5.91 Å². The minimum absolute atomic E-state index is 0.00169. The number of hydrogen-bond acceptors (Lipinski definition) is 8. The Hall–Kier alpha value is -4.01. The maximum atomic E-state index is 13.0. The predicted molar refractivity (Wildman–Crippen MR) is 146 cm³/mol. The number of likely N-dealkylation sites (N-methyl/N-ethyl adjacent to an activating group) is 1. The van der Waals surface area contributed by atoms with Crippen LogP contribution in [0.3, 0.4) is 0 Å². The molecule has 1 aliphatic heterocycles. The van der Waals surface area contributed by atoms with Crippen molar-refractivity contribution in [1.82, 2.24) is 19.8 Å². The predicted octanol–water partition coefficient (Wildman–Crippen LogP) is 2.41. The minimum Gasteiger partial charge on any atom is -0.487 e. The summed E-state index contributed by atoms with van der Waals surface area (Å²) in [5, 5.41) is 2.75. The van der Waals surface area contributed by atoms with Crippen molar-refractivity contribution in [1.29, 1.82) is 0 Å². The summed E-state index contributed by atoms with van der Waals surface area (Å²) in [5.74, 6) is 7.82. The molecule has 11 heteroatoms. The van der Waals surface area contributed by atoms with Gasteiger partial charge in [-0.25, -0.2) is 14.8 Å². The van der Waals surface area contributed by atoms with Crippen LogP contribution in [0.5, 0.6) is 5.75 Å². The second-order valence-corrected chi connectivity index (χ2v) is 9.87. The number of anilines is 2. The zero-order valence-corrected chi connectivity index (χ0v) is 22.8. The lowest BCUT2D eigenvalue weighted by molar-refractivity contribution is -0.136. The van der Waals surface area contributed by atoms with Crippen molar-refractivity contribution in [2.24, 2.45) is 5.92 Å². The molecule has 2 aromatic heterocycles. The first kappa shape index (κ1) is 28.0. The van der Waals surface area contributed by atoms with Crippen molar-refractivity contribution in [2.75, 3.05) is 57.7 Å². The minimum atomic E-state index is -0.499. The average molecular weight is 535 g/mol. The van der Waals surface area contributed by atoms with E-state index in [0.29, 0.717) is 48.8 Å². The number of carbonyl (C=O) groups is 3. The van der Waals surface area contributed by atoms with Crippen LogP contribution in [0.1, 0.15) is 41.4 Å². The number of nitrogens with one attached hydrogen (secondary N) is 1. The fraction of sp³-hybridized carbons (Fsp3) is 0.464. The molecule has 0 bridgehead atoms. The molecule has 0 spiro atoms. The largest absolute Gasteiger partial charge is 0.487 e. The van der Waals surface area contributed by atoms with Crippen LogP contribution in [0, 0.1) is 17.8 Å². The molecule has 2 aromatic rings. The zero-order valence-electron chi connectivity index (χ0n) is 22.8. The molecular formula is C28H34N6O5. The smallest absolute Gasteiger partial charge is 0.328 e. The van der Waals surface area contributed by atoms with E-state index in [-0.39, 0.29) is 35.9 Å². The van der Waals surface area contributed by atoms with Gasteiger partial charge >= 0.3 is 6.03 Å². The molecule has 4 rings (SSSR count). The number of aldehydes is 1. The molecule has 0 aromatic carbocycles. The van der Waals surface area contributed by atoms with E-state index >= 15 is 0 Å². The van der Waals surface area contributed by atoms with Gasteiger partial charge < -0.3 is 14.4 Å². The first-order chi connectivity index (χ1) is 18.8. The van der Waals surface area contributed by atoms with Gasteiger partial charge in [0.25, 0.3) is 0 Å². The monoisotopic (exact) mass is 534 g/mol. The van der Waals surface area contributed by atoms with Gasteiger partial charge in [0.15, 0.2) is 6.29 Å². The van der Waals surface area contributed by atoms with Gasteiger partial charge in [0.1, 0.15) is 29.2 Å². The summed E-state index contributed by atoms with van der Waals surface area (Å²) in [5.41, 5.74) is 1.44. The Morgan fingerprint density at radius 3 is 2.82 bits per heavy atom. The van der Waals surface area contributed by atoms with E-state index < -0.39 is 6.03 Å². The number of urea groups is 1. The summed E-state index contributed by atoms with van der Waals surface area (Å²) in [6.07, 6.45) is 4.20. The number of pyridine rings is 2. The molecule has 1 atom stereocenters. The quantitative estimate of drug-likeness (QED) is 0.385. The van der Waals surface area contributed by atoms with Crippen molar-refractivity contribution in [3.8, 4) is 17.6 Å². The lowest BCUT2D eigenvalue weighted by Gasteiger charge is -2.32. The number of carbonyl (C=O) groups excluding carboxylic acids is 3. The highest BCUT2D eigenvalue weighted by Crippen LogP contribution is 2.29. The van der Waals surface area contributed by atoms with Crippen LogP contribution >= 0.6 is 0 Å². The first-order valence-corrected chi connectivity index (χ1v) is 12.9. The van der Waals surface area contributed by atoms with E-state index in [1.807, 2.05) is 18.9 Å². The fourth-order valence-electron chi connectivity index (χ4n) is 4.00. The summed E-state index contributed by atoms with van der Waals surface area (Å²) in [4.78, 5) is 50.8. The Balaban J connectivity index is 1.46. The number of amides is 3. The number of nitrogens with zero attached hydrogens (tertiary/aromatic N) is 5. The summed E-state index contributed by atoms with van der Waals surface area (Å²) < 4.78 is 11.2. The Morgan fingerprint density at radius 1 is 1.33 bits per heavy atom. The van der Waals surface area contributed by atoms with Gasteiger partial charge in [-0.2, -0.15) is 0 Å². The number of ether oxygens (including phenoxy) is 2. The highest BCUT2D eigenvalue weighted by Gasteiger charge is 2.23. The summed E-state index contributed by atoms with van der Waals surface area (Å²) in [6.45, 7) is 4.24. The van der Waals surface area contributed by atoms with Crippen LogP contribution < -0.4 is 15.0 Å². The molecule has 39 heavy (non-hydrogen) atoms. The zero-order chi connectivity index (χ0) is 27.9. The molecule has 0 radical (unpaired) electrons. The van der Waals surface area contributed by atoms with Crippen molar-refractivity contribution in [2.45, 2.75) is 32.4 Å². The van der Waals surface area contributed by atoms with Crippen LogP contribution in [-0.4, -0.2) is 91.5 Å². The molecule has 1 aliphatic carbocycles. The molecule has 2 fully saturated rings. The Bertz CT molecular complexity index is 1280. The van der Waals surface area contributed by atoms with Crippen molar-refractivity contribution < 1.29 is 23.9 Å². The molecule has 206 valence electrons. The van der Waals surface area contributed by atoms with Crippen LogP contribution in [0.25, 0.3) is 0 Å². The van der Waals surface area contributed by atoms with Gasteiger partial charge in [0.05, 0.1) is 18.7 Å². The Morgan fingerprint density at radius 2 is 2.13 bits per heavy atom. The summed E-state index contributed by atoms with van der Waals surface area (Å²) >= 11 is 0. The first-order valence-electron chi connectivity index (χ1n) is 12.9. The van der Waals surface area contributed by atoms with Crippen molar-refractivity contribution in [3.63, 3.8) is 0 Å². The number of aromatic nitrogens is 2. The molecular weight excluding hydrogens is 500 g/mol. The second-order valence-electron chi connectivity index (χ2n) is 9.87. The number of rotatable bonds is 9. The van der Waals surface area contributed by atoms with E-state index in [0.717, 1.165) is 19.4 Å². The SMILES string of the molecule is COCC(C)Oc1cc(NC(=O)N(C)c2ccc(CN3CCN(C)CC3=O)c(C=O)n2)ncc1C#CC1CC1. The van der Waals surface area contributed by atoms with Crippen LogP contribution in [-0.2, 0) is 16.1 Å². The van der Waals surface area contributed by atoms with Crippen molar-refractivity contribution in [3.05, 3.63) is 41.2 Å². The van der Waals surface area contributed by atoms with Crippen LogP contribution in [0.4, 0.5) is 16.4 Å². The molecule has 3 amide bonds. The average Bonchev–Trinajstić information content (AvgIpc) is 3.74. The maximum Gasteiger partial charge on any atom is 0.328 e. The molecule has 3 heterocycles. The standard InChI is InChI=1S/C28H34N6O5/c1-19(18-38-4)39-24-13-25(29-14-21(24)8-7-20-5-6-20)31-28(37)33(3)26-10-9-22(23(17-35)30-26)15-34-12-11-32(2)16-27(34)36/h9-10,13-14,17,19-20H,5-6,11-12,15-16,18H2,1-4H3,(H,29,31,37). The lowest BCUT2D eigenvalue weighted by Crippen LogP contribution is -2.48. The van der Waals surface area contributed by atoms with Gasteiger partial charge in [-0.1, -0.05) is 17.9 Å². The maximum absolute atomic E-state index is 13.0. The Labute approximate surface area is 228 Å². The molecule has 1 N–H and O–H groups in total. The van der Waals surface area contributed by atoms with Gasteiger partial charge in [-0.05, 0) is 32.9 Å². The van der Waals surface area contributed by atoms with E-state index in [1.54, 1.807) is 43.5 Å². The molecule has 1 saturated carbocycles. The number of piperazine rings is 1.